The number of carboxylic acid groups (broad SMARTS) is 1. The lowest BCUT2D eigenvalue weighted by Crippen LogP contribution is -2.49. The average molecular weight is 451 g/mol. The van der Waals surface area contributed by atoms with Gasteiger partial charge < -0.3 is 20.1 Å². The van der Waals surface area contributed by atoms with Crippen molar-refractivity contribution in [3.05, 3.63) is 59.7 Å². The molecule has 174 valence electrons. The van der Waals surface area contributed by atoms with E-state index in [1.54, 1.807) is 11.8 Å². The second-order valence-corrected chi connectivity index (χ2v) is 9.08. The van der Waals surface area contributed by atoms with E-state index in [0.29, 0.717) is 12.8 Å². The minimum Gasteiger partial charge on any atom is -0.481 e. The van der Waals surface area contributed by atoms with Gasteiger partial charge in [0, 0.05) is 31.0 Å². The molecule has 33 heavy (non-hydrogen) atoms. The number of fused-ring (bicyclic) bond motifs is 3. The maximum absolute atomic E-state index is 12.8. The second-order valence-electron chi connectivity index (χ2n) is 9.08. The third-order valence-electron chi connectivity index (χ3n) is 6.74. The summed E-state index contributed by atoms with van der Waals surface area (Å²) in [6, 6.07) is 15.8. The van der Waals surface area contributed by atoms with E-state index in [1.165, 1.54) is 0 Å². The molecule has 1 aliphatic heterocycles. The lowest BCUT2D eigenvalue weighted by Gasteiger charge is -2.37. The molecule has 1 fully saturated rings. The first-order chi connectivity index (χ1) is 15.8. The fraction of sp³-hybridized carbons (Fsp3) is 0.423. The number of nitrogens with one attached hydrogen (secondary N) is 1. The highest BCUT2D eigenvalue weighted by atomic mass is 16.5. The molecule has 7 heteroatoms. The largest absolute Gasteiger partial charge is 0.481 e. The molecule has 1 heterocycles. The minimum atomic E-state index is -0.871. The van der Waals surface area contributed by atoms with Gasteiger partial charge in [0.2, 0.25) is 5.91 Å². The third kappa shape index (κ3) is 4.87. The molecule has 2 aromatic rings. The third-order valence-corrected chi connectivity index (χ3v) is 6.74. The quantitative estimate of drug-likeness (QED) is 0.693. The number of hydrogen-bond acceptors (Lipinski definition) is 4. The Balaban J connectivity index is 1.31. The molecule has 2 unspecified atom stereocenters. The maximum Gasteiger partial charge on any atom is 0.407 e. The summed E-state index contributed by atoms with van der Waals surface area (Å²) in [6.07, 6.45) is 0.776. The van der Waals surface area contributed by atoms with Gasteiger partial charge in [-0.2, -0.15) is 0 Å². The maximum atomic E-state index is 12.8. The summed E-state index contributed by atoms with van der Waals surface area (Å²) < 4.78 is 5.55. The number of hydrogen-bond donors (Lipinski definition) is 2. The Hall–Kier alpha value is -3.35. The van der Waals surface area contributed by atoms with Crippen molar-refractivity contribution in [3.8, 4) is 11.1 Å². The number of piperidine rings is 1. The molecular formula is C26H30N2O5. The van der Waals surface area contributed by atoms with Crippen molar-refractivity contribution in [3.63, 3.8) is 0 Å². The molecule has 0 spiro atoms. The van der Waals surface area contributed by atoms with E-state index in [1.807, 2.05) is 31.2 Å². The molecular weight excluding hydrogens is 420 g/mol. The molecule has 0 bridgehead atoms. The highest BCUT2D eigenvalue weighted by Crippen LogP contribution is 2.44. The van der Waals surface area contributed by atoms with Gasteiger partial charge in [-0.05, 0) is 48.9 Å². The Bertz CT molecular complexity index is 1010. The zero-order chi connectivity index (χ0) is 23.5. The van der Waals surface area contributed by atoms with Crippen molar-refractivity contribution in [2.24, 2.45) is 5.92 Å². The zero-order valence-corrected chi connectivity index (χ0v) is 19.0. The van der Waals surface area contributed by atoms with E-state index in [0.717, 1.165) is 22.3 Å². The Morgan fingerprint density at radius 3 is 2.27 bits per heavy atom. The van der Waals surface area contributed by atoms with Crippen molar-refractivity contribution in [1.82, 2.24) is 10.2 Å². The molecule has 0 aromatic heterocycles. The van der Waals surface area contributed by atoms with Crippen molar-refractivity contribution >= 4 is 18.0 Å². The first-order valence-corrected chi connectivity index (χ1v) is 11.5. The van der Waals surface area contributed by atoms with Gasteiger partial charge in [0.25, 0.3) is 0 Å². The molecule has 1 aliphatic carbocycles. The predicted octanol–water partition coefficient (Wildman–Crippen LogP) is 4.02. The number of carboxylic acids is 1. The van der Waals surface area contributed by atoms with Crippen molar-refractivity contribution < 1.29 is 24.2 Å². The highest BCUT2D eigenvalue weighted by molar-refractivity contribution is 5.80. The summed E-state index contributed by atoms with van der Waals surface area (Å²) in [5.74, 6) is -1.58. The number of amides is 2. The van der Waals surface area contributed by atoms with Crippen molar-refractivity contribution in [2.45, 2.75) is 51.1 Å². The Morgan fingerprint density at radius 1 is 1.06 bits per heavy atom. The first kappa shape index (κ1) is 22.8. The summed E-state index contributed by atoms with van der Waals surface area (Å²) in [6.45, 7) is 4.11. The normalized spacial score (nSPS) is 20.5. The van der Waals surface area contributed by atoms with Crippen molar-refractivity contribution in [1.29, 1.82) is 0 Å². The molecule has 3 atom stereocenters. The average Bonchev–Trinajstić information content (AvgIpc) is 3.11. The van der Waals surface area contributed by atoms with Gasteiger partial charge in [0.15, 0.2) is 0 Å². The second kappa shape index (κ2) is 9.65. The number of aliphatic carboxylic acids is 1. The van der Waals surface area contributed by atoms with E-state index < -0.39 is 24.0 Å². The number of benzene rings is 2. The summed E-state index contributed by atoms with van der Waals surface area (Å²) in [5.41, 5.74) is 4.61. The number of carbonyl (C=O) groups excluding carboxylic acids is 2. The van der Waals surface area contributed by atoms with Crippen LogP contribution < -0.4 is 5.32 Å². The number of alkyl carbamates (subject to hydrolysis) is 1. The summed E-state index contributed by atoms with van der Waals surface area (Å²) in [4.78, 5) is 38.2. The molecule has 2 N–H and O–H groups in total. The monoisotopic (exact) mass is 450 g/mol. The molecule has 7 nitrogen and oxygen atoms in total. The van der Waals surface area contributed by atoms with Crippen molar-refractivity contribution in [2.75, 3.05) is 13.2 Å². The summed E-state index contributed by atoms with van der Waals surface area (Å²) in [7, 11) is 0. The van der Waals surface area contributed by atoms with Crippen LogP contribution in [0.2, 0.25) is 0 Å². The van der Waals surface area contributed by atoms with Gasteiger partial charge in [-0.1, -0.05) is 48.5 Å². The minimum absolute atomic E-state index is 0.00486. The Labute approximate surface area is 193 Å². The SMILES string of the molecule is CC1CCC(C(=O)O)CN1C(=O)C[C@@H](C)NC(=O)OCC1c2ccccc2-c2ccccc21. The lowest BCUT2D eigenvalue weighted by molar-refractivity contribution is -0.147. The molecule has 1 saturated heterocycles. The standard InChI is InChI=1S/C26H30N2O5/c1-16(13-24(29)28-14-18(25(30)31)12-11-17(28)2)27-26(32)33-15-23-21-9-5-3-7-19(21)20-8-4-6-10-22(20)23/h3-10,16-18,23H,11-15H2,1-2H3,(H,27,32)(H,30,31)/t16-,17?,18?/m1/s1. The van der Waals surface area contributed by atoms with E-state index in [9.17, 15) is 19.5 Å². The van der Waals surface area contributed by atoms with Crippen LogP contribution in [0.3, 0.4) is 0 Å². The molecule has 2 aromatic carbocycles. The van der Waals surface area contributed by atoms with Crippen LogP contribution in [0.4, 0.5) is 4.79 Å². The molecule has 4 rings (SSSR count). The molecule has 0 radical (unpaired) electrons. The Morgan fingerprint density at radius 2 is 1.67 bits per heavy atom. The topological polar surface area (TPSA) is 95.9 Å². The van der Waals surface area contributed by atoms with Crippen LogP contribution in [0.25, 0.3) is 11.1 Å². The van der Waals surface area contributed by atoms with Gasteiger partial charge in [-0.25, -0.2) is 4.79 Å². The summed E-state index contributed by atoms with van der Waals surface area (Å²) in [5, 5.41) is 12.0. The van der Waals surface area contributed by atoms with Gasteiger partial charge in [0.05, 0.1) is 5.92 Å². The number of ether oxygens (including phenoxy) is 1. The fourth-order valence-electron chi connectivity index (χ4n) is 4.93. The van der Waals surface area contributed by atoms with Crippen LogP contribution in [0.1, 0.15) is 50.2 Å². The van der Waals surface area contributed by atoms with Crippen LogP contribution in [0.5, 0.6) is 0 Å². The molecule has 0 saturated carbocycles. The van der Waals surface area contributed by atoms with Gasteiger partial charge >= 0.3 is 12.1 Å². The van der Waals surface area contributed by atoms with Gasteiger partial charge in [-0.15, -0.1) is 0 Å². The van der Waals surface area contributed by atoms with Crippen LogP contribution in [-0.2, 0) is 14.3 Å². The van der Waals surface area contributed by atoms with E-state index in [4.69, 9.17) is 4.74 Å². The smallest absolute Gasteiger partial charge is 0.407 e. The van der Waals surface area contributed by atoms with E-state index in [-0.39, 0.29) is 37.4 Å². The molecule has 2 amide bonds. The first-order valence-electron chi connectivity index (χ1n) is 11.5. The van der Waals surface area contributed by atoms with Crippen LogP contribution in [-0.4, -0.2) is 53.2 Å². The van der Waals surface area contributed by atoms with Crippen LogP contribution >= 0.6 is 0 Å². The lowest BCUT2D eigenvalue weighted by atomic mass is 9.93. The number of rotatable bonds is 6. The van der Waals surface area contributed by atoms with E-state index >= 15 is 0 Å². The number of nitrogens with zero attached hydrogens (tertiary/aromatic N) is 1. The highest BCUT2D eigenvalue weighted by Gasteiger charge is 2.33. The Kier molecular flexibility index (Phi) is 6.67. The summed E-state index contributed by atoms with van der Waals surface area (Å²) >= 11 is 0. The van der Waals surface area contributed by atoms with Gasteiger partial charge in [0.1, 0.15) is 6.61 Å². The number of likely N-dealkylation sites (tertiary alicyclic amines) is 1. The van der Waals surface area contributed by atoms with Gasteiger partial charge in [-0.3, -0.25) is 9.59 Å². The number of carbonyl (C=O) groups is 3. The molecule has 2 aliphatic rings. The van der Waals surface area contributed by atoms with Crippen LogP contribution in [0, 0.1) is 5.92 Å². The van der Waals surface area contributed by atoms with E-state index in [2.05, 4.69) is 29.6 Å². The predicted molar refractivity (Wildman–Crippen MR) is 124 cm³/mol. The fourth-order valence-corrected chi connectivity index (χ4v) is 4.93. The zero-order valence-electron chi connectivity index (χ0n) is 19.0. The van der Waals surface area contributed by atoms with Crippen LogP contribution in [0.15, 0.2) is 48.5 Å².